The Balaban J connectivity index is 0.000000110. The molecule has 6 atom stereocenters. The Morgan fingerprint density at radius 2 is 0.662 bits per heavy atom. The number of hydrogen-bond acceptors (Lipinski definition) is 12. The van der Waals surface area contributed by atoms with E-state index in [4.69, 9.17) is 0 Å². The van der Waals surface area contributed by atoms with Gasteiger partial charge in [-0.1, -0.05) is 154 Å². The summed E-state index contributed by atoms with van der Waals surface area (Å²) in [5.74, 6) is -1.95. The molecule has 26 heteroatoms. The van der Waals surface area contributed by atoms with Crippen LogP contribution in [0.4, 0.5) is 49.1 Å². The van der Waals surface area contributed by atoms with Gasteiger partial charge in [0.25, 0.3) is 0 Å². The van der Waals surface area contributed by atoms with E-state index in [0.29, 0.717) is 78.6 Å². The first-order valence-electron chi connectivity index (χ1n) is 50.2. The van der Waals surface area contributed by atoms with Crippen LogP contribution in [0.15, 0.2) is 213 Å². The van der Waals surface area contributed by atoms with Crippen molar-refractivity contribution in [3.05, 3.63) is 287 Å². The highest BCUT2D eigenvalue weighted by atomic mass is 19.3. The second-order valence-corrected chi connectivity index (χ2v) is 42.0. The Morgan fingerprint density at radius 3 is 0.986 bits per heavy atom. The normalized spacial score (nSPS) is 25.1. The molecule has 8 fully saturated rings. The van der Waals surface area contributed by atoms with E-state index in [1.54, 1.807) is 72.5 Å². The van der Waals surface area contributed by atoms with E-state index in [9.17, 15) is 28.0 Å². The number of carbonyl (C=O) groups is 4. The van der Waals surface area contributed by atoms with Gasteiger partial charge in [0.15, 0.2) is 0 Å². The first-order chi connectivity index (χ1) is 67.1. The number of aromatic nitrogens is 8. The number of para-hydroxylation sites is 4. The van der Waals surface area contributed by atoms with Crippen LogP contribution in [0.5, 0.6) is 0 Å². The van der Waals surface area contributed by atoms with Crippen molar-refractivity contribution in [3.8, 4) is 44.5 Å². The molecule has 722 valence electrons. The molecule has 6 unspecified atom stereocenters. The van der Waals surface area contributed by atoms with Crippen molar-refractivity contribution in [2.24, 2.45) is 40.0 Å². The number of amides is 4. The lowest BCUT2D eigenvalue weighted by Crippen LogP contribution is -2.45. The quantitative estimate of drug-likeness (QED) is 0.0842. The zero-order valence-electron chi connectivity index (χ0n) is 80.6. The summed E-state index contributed by atoms with van der Waals surface area (Å²) in [5, 5.41) is 16.9. The van der Waals surface area contributed by atoms with Crippen molar-refractivity contribution in [2.45, 2.75) is 221 Å². The van der Waals surface area contributed by atoms with E-state index < -0.39 is 27.6 Å². The minimum Gasteiger partial charge on any atom is -0.307 e. The van der Waals surface area contributed by atoms with Crippen molar-refractivity contribution >= 4 is 46.4 Å². The van der Waals surface area contributed by atoms with Gasteiger partial charge in [-0.15, -0.1) is 0 Å². The zero-order valence-corrected chi connectivity index (χ0v) is 80.6. The molecule has 0 radical (unpaired) electrons. The summed E-state index contributed by atoms with van der Waals surface area (Å²) in [6.45, 7) is 14.0. The van der Waals surface area contributed by atoms with Gasteiger partial charge < -0.3 is 19.6 Å². The Kier molecular flexibility index (Phi) is 25.1. The van der Waals surface area contributed by atoms with Crippen molar-refractivity contribution in [2.75, 3.05) is 72.0 Å². The van der Waals surface area contributed by atoms with Crippen molar-refractivity contribution in [1.29, 1.82) is 0 Å². The lowest BCUT2D eigenvalue weighted by atomic mass is 9.80. The summed E-state index contributed by atoms with van der Waals surface area (Å²) in [4.78, 5) is 73.0. The number of likely N-dealkylation sites (tertiary alicyclic amines) is 4. The van der Waals surface area contributed by atoms with Crippen LogP contribution >= 0.6 is 0 Å². The van der Waals surface area contributed by atoms with E-state index >= 15 is 17.6 Å². The summed E-state index contributed by atoms with van der Waals surface area (Å²) >= 11 is 0. The molecular formula is C113H124F6N16O4. The second-order valence-electron chi connectivity index (χ2n) is 42.0. The van der Waals surface area contributed by atoms with Crippen LogP contribution in [0.1, 0.15) is 186 Å². The fraction of sp³-hybridized carbons (Fsp3) is 0.434. The number of halogens is 6. The summed E-state index contributed by atoms with van der Waals surface area (Å²) in [6.07, 6.45) is 30.4. The number of anilines is 4. The average Bonchev–Trinajstić information content (AvgIpc) is 1.57. The molecule has 4 amide bonds. The summed E-state index contributed by atoms with van der Waals surface area (Å²) in [7, 11) is 7.37. The molecule has 4 aromatic heterocycles. The van der Waals surface area contributed by atoms with Gasteiger partial charge >= 0.3 is 0 Å². The van der Waals surface area contributed by atoms with Gasteiger partial charge in [-0.25, -0.2) is 26.3 Å². The van der Waals surface area contributed by atoms with Crippen LogP contribution in [0, 0.1) is 42.0 Å². The minimum atomic E-state index is -2.57. The zero-order chi connectivity index (χ0) is 96.1. The highest BCUT2D eigenvalue weighted by molar-refractivity contribution is 6.11. The first kappa shape index (κ1) is 93.2. The molecule has 139 heavy (non-hydrogen) atoms. The highest BCUT2D eigenvalue weighted by Gasteiger charge is 2.60. The molecule has 4 saturated heterocycles. The molecule has 8 aliphatic heterocycles. The molecule has 4 aliphatic carbocycles. The number of benzene rings is 8. The predicted molar refractivity (Wildman–Crippen MR) is 529 cm³/mol. The molecule has 20 nitrogen and oxygen atoms in total. The van der Waals surface area contributed by atoms with Crippen molar-refractivity contribution < 1.29 is 45.5 Å². The molecular weight excluding hydrogens is 1760 g/mol. The molecule has 0 bridgehead atoms. The summed E-state index contributed by atoms with van der Waals surface area (Å²) in [6, 6.07) is 55.0. The number of fused-ring (bicyclic) bond motifs is 8. The van der Waals surface area contributed by atoms with E-state index in [0.717, 1.165) is 160 Å². The predicted octanol–water partition coefficient (Wildman–Crippen LogP) is 20.5. The van der Waals surface area contributed by atoms with Gasteiger partial charge in [-0.2, -0.15) is 20.4 Å². The van der Waals surface area contributed by atoms with Crippen LogP contribution < -0.4 is 19.6 Å². The van der Waals surface area contributed by atoms with Crippen molar-refractivity contribution in [3.63, 3.8) is 0 Å². The maximum atomic E-state index is 15.3. The van der Waals surface area contributed by atoms with Crippen LogP contribution in [-0.2, 0) is 95.2 Å². The van der Waals surface area contributed by atoms with E-state index in [2.05, 4.69) is 72.0 Å². The van der Waals surface area contributed by atoms with Crippen LogP contribution in [0.25, 0.3) is 44.5 Å². The molecule has 4 spiro atoms. The third-order valence-electron chi connectivity index (χ3n) is 33.5. The Labute approximate surface area is 809 Å². The van der Waals surface area contributed by atoms with Gasteiger partial charge in [0.1, 0.15) is 23.3 Å². The number of rotatable bonds is 16. The molecule has 12 aromatic rings. The lowest BCUT2D eigenvalue weighted by molar-refractivity contribution is -0.123. The molecule has 24 rings (SSSR count). The summed E-state index contributed by atoms with van der Waals surface area (Å²) in [5.41, 5.74) is 15.3. The minimum absolute atomic E-state index is 0.0249. The Bertz CT molecular complexity index is 6660. The Morgan fingerprint density at radius 1 is 0.338 bits per heavy atom. The first-order valence-corrected chi connectivity index (χ1v) is 50.2. The maximum absolute atomic E-state index is 15.3. The van der Waals surface area contributed by atoms with E-state index in [1.165, 1.54) is 76.7 Å². The van der Waals surface area contributed by atoms with Gasteiger partial charge in [0, 0.05) is 183 Å². The van der Waals surface area contributed by atoms with E-state index in [1.807, 2.05) is 190 Å². The average molecular weight is 1880 g/mol. The number of carbonyl (C=O) groups excluding carboxylic acids is 4. The molecule has 12 aliphatic rings. The standard InChI is InChI=1S/C29H33FN4O.C28H29F3N4O.2C28H31FN4O/c1-20-7-11-24(12-8-20)33-14-13-29(19-33)25-5-3-4-6-27(25)34(28(29)35)18-22-10-9-21(15-26(22)30)23-16-31-32(2)17-23;1-33-16-21(15-32-33)19-6-7-20(24(29)14-19)17-35-25-5-3-2-4-23(25)27(26(35)36)12-13-34(18-27)22-8-10-28(30,31)11-9-22;1-19-6-5-9-25(19)32-13-12-28(18-32)23-7-3-4-8-26(23)33(27(28)34)17-21-11-10-20(14-24(21)29)22-15-30-31(2)16-22;1-19-23(17-31(2)30-19)20-11-12-21(25(29)15-20)16-33-26-10-6-5-9-24(26)28(27(33)34)13-14-32(18-28)22-7-3-4-8-22/h3-6,9-10,15-17,20,24H,7-8,11-14,18-19H2,1-2H3;2-7,14-16,22H,8-13,17-18H2,1H3;3-4,7-8,10-11,14-16,19,25H,5-6,9,12-13,17-18H2,1-2H3;5-6,9-12,15,17,22H,3-4,7-8,13-14,16,18H2,1-2H3. The fourth-order valence-corrected chi connectivity index (χ4v) is 25.8. The molecule has 0 N–H and O–H groups in total. The van der Waals surface area contributed by atoms with Crippen molar-refractivity contribution in [1.82, 2.24) is 58.7 Å². The van der Waals surface area contributed by atoms with Crippen LogP contribution in [0.2, 0.25) is 0 Å². The molecule has 8 aromatic carbocycles. The number of nitrogens with zero attached hydrogens (tertiary/aromatic N) is 16. The third-order valence-corrected chi connectivity index (χ3v) is 33.5. The fourth-order valence-electron chi connectivity index (χ4n) is 25.8. The largest absolute Gasteiger partial charge is 0.307 e. The topological polar surface area (TPSA) is 165 Å². The number of aryl methyl sites for hydroxylation is 5. The van der Waals surface area contributed by atoms with E-state index in [-0.39, 0.29) is 92.0 Å². The Hall–Kier alpha value is -12.1. The van der Waals surface area contributed by atoms with Gasteiger partial charge in [0.05, 0.1) is 72.1 Å². The highest BCUT2D eigenvalue weighted by Crippen LogP contribution is 2.55. The van der Waals surface area contributed by atoms with Gasteiger partial charge in [-0.05, 0) is 228 Å². The smallest absolute Gasteiger partial charge is 0.248 e. The van der Waals surface area contributed by atoms with Crippen LogP contribution in [0.3, 0.4) is 0 Å². The van der Waals surface area contributed by atoms with Crippen LogP contribution in [-0.4, -0.2) is 165 Å². The number of hydrogen-bond donors (Lipinski definition) is 0. The monoisotopic (exact) mass is 1880 g/mol. The van der Waals surface area contributed by atoms with Gasteiger partial charge in [-0.3, -0.25) is 57.5 Å². The molecule has 12 heterocycles. The third kappa shape index (κ3) is 17.3. The lowest BCUT2D eigenvalue weighted by Gasteiger charge is -2.35. The number of alkyl halides is 2. The SMILES string of the molecule is CC1CCC(N2CCC3(C2)C(=O)N(Cc2ccc(-c4cnn(C)c4)cc2F)c2ccccc23)CC1.CC1CCCC1N1CCC2(C1)C(=O)N(Cc1ccc(-c3cnn(C)c3)cc1F)c1ccccc12.Cc1nn(C)cc1-c1ccc(CN2C(=O)C3(CCN(C4CCCC4)C3)c3ccccc32)c(F)c1.Cn1cc(-c2ccc(CN3C(=O)C4(CCN(C5CCC(F)(F)CC5)C4)c4ccccc43)c(F)c2)cn1. The maximum Gasteiger partial charge on any atom is 0.248 e. The van der Waals surface area contributed by atoms with Gasteiger partial charge in [0.2, 0.25) is 29.6 Å². The summed E-state index contributed by atoms with van der Waals surface area (Å²) < 4.78 is 95.2. The second kappa shape index (κ2) is 37.5. The molecule has 4 saturated carbocycles.